The van der Waals surface area contributed by atoms with Crippen molar-refractivity contribution in [2.75, 3.05) is 5.32 Å². The van der Waals surface area contributed by atoms with Crippen LogP contribution in [-0.4, -0.2) is 29.0 Å². The van der Waals surface area contributed by atoms with E-state index in [1.54, 1.807) is 0 Å². The molecular formula is C13H12N2O6S. The number of amides is 1. The van der Waals surface area contributed by atoms with Gasteiger partial charge in [-0.05, 0) is 36.8 Å². The standard InChI is InChI=1S/C13H12N2O6S/c1-7-6-10(16)15-13(18)11(7)12(17)14-8-2-4-9(5-3-8)22(19,20)21/h2-6H,1H3,(H,14,17)(H2,15,16,18)(H,19,20,21). The first-order valence-electron chi connectivity index (χ1n) is 6.00. The largest absolute Gasteiger partial charge is 0.494 e. The highest BCUT2D eigenvalue weighted by atomic mass is 32.2. The number of benzene rings is 1. The lowest BCUT2D eigenvalue weighted by Gasteiger charge is -2.09. The molecule has 0 aliphatic carbocycles. The van der Waals surface area contributed by atoms with E-state index in [0.717, 1.165) is 18.2 Å². The van der Waals surface area contributed by atoms with E-state index in [4.69, 9.17) is 4.55 Å². The van der Waals surface area contributed by atoms with E-state index in [0.29, 0.717) is 0 Å². The monoisotopic (exact) mass is 324 g/mol. The lowest BCUT2D eigenvalue weighted by molar-refractivity contribution is 0.102. The predicted molar refractivity (Wildman–Crippen MR) is 77.7 cm³/mol. The number of rotatable bonds is 3. The van der Waals surface area contributed by atoms with E-state index in [-0.39, 0.29) is 21.7 Å². The number of pyridine rings is 1. The molecular weight excluding hydrogens is 312 g/mol. The first-order valence-corrected chi connectivity index (χ1v) is 7.44. The first kappa shape index (κ1) is 15.7. The number of nitrogens with one attached hydrogen (secondary N) is 2. The molecule has 1 aromatic carbocycles. The van der Waals surface area contributed by atoms with Gasteiger partial charge in [0.05, 0.1) is 4.90 Å². The third kappa shape index (κ3) is 3.32. The molecule has 0 spiro atoms. The zero-order chi connectivity index (χ0) is 16.5. The van der Waals surface area contributed by atoms with E-state index in [9.17, 15) is 23.1 Å². The number of aryl methyl sites for hydroxylation is 1. The summed E-state index contributed by atoms with van der Waals surface area (Å²) in [7, 11) is -4.31. The van der Waals surface area contributed by atoms with Gasteiger partial charge in [0.1, 0.15) is 5.56 Å². The van der Waals surface area contributed by atoms with Gasteiger partial charge in [0.15, 0.2) is 0 Å². The maximum atomic E-state index is 12.1. The third-order valence-corrected chi connectivity index (χ3v) is 3.73. The first-order chi connectivity index (χ1) is 10.2. The summed E-state index contributed by atoms with van der Waals surface area (Å²) in [6.07, 6.45) is 0. The van der Waals surface area contributed by atoms with E-state index in [2.05, 4.69) is 10.3 Å². The van der Waals surface area contributed by atoms with Crippen LogP contribution in [0.25, 0.3) is 0 Å². The molecule has 116 valence electrons. The number of anilines is 1. The van der Waals surface area contributed by atoms with Gasteiger partial charge in [-0.15, -0.1) is 0 Å². The van der Waals surface area contributed by atoms with Crippen LogP contribution in [0.4, 0.5) is 5.69 Å². The van der Waals surface area contributed by atoms with Crippen LogP contribution in [-0.2, 0) is 10.1 Å². The zero-order valence-electron chi connectivity index (χ0n) is 11.3. The highest BCUT2D eigenvalue weighted by molar-refractivity contribution is 7.85. The van der Waals surface area contributed by atoms with Crippen LogP contribution in [0.15, 0.2) is 40.0 Å². The second-order valence-corrected chi connectivity index (χ2v) is 5.92. The molecule has 0 saturated carbocycles. The van der Waals surface area contributed by atoms with Crippen molar-refractivity contribution in [3.8, 4) is 5.88 Å². The van der Waals surface area contributed by atoms with Gasteiger partial charge < -0.3 is 10.4 Å². The average molecular weight is 324 g/mol. The summed E-state index contributed by atoms with van der Waals surface area (Å²) in [5, 5.41) is 12.1. The number of hydrogen-bond acceptors (Lipinski definition) is 5. The molecule has 0 bridgehead atoms. The van der Waals surface area contributed by atoms with Crippen LogP contribution in [0.2, 0.25) is 0 Å². The summed E-state index contributed by atoms with van der Waals surface area (Å²) in [4.78, 5) is 25.0. The molecule has 22 heavy (non-hydrogen) atoms. The molecule has 0 aliphatic rings. The van der Waals surface area contributed by atoms with E-state index in [1.807, 2.05) is 0 Å². The summed E-state index contributed by atoms with van der Waals surface area (Å²) in [6.45, 7) is 1.49. The maximum absolute atomic E-state index is 12.1. The normalized spacial score (nSPS) is 11.2. The molecule has 1 amide bonds. The molecule has 0 radical (unpaired) electrons. The fourth-order valence-electron chi connectivity index (χ4n) is 1.86. The summed E-state index contributed by atoms with van der Waals surface area (Å²) >= 11 is 0. The Morgan fingerprint density at radius 1 is 1.23 bits per heavy atom. The summed E-state index contributed by atoms with van der Waals surface area (Å²) in [5.74, 6) is -1.23. The number of aromatic hydroxyl groups is 1. The Labute approximate surface area is 125 Å². The van der Waals surface area contributed by atoms with Gasteiger partial charge in [-0.1, -0.05) is 0 Å². The second kappa shape index (κ2) is 5.62. The van der Waals surface area contributed by atoms with Crippen LogP contribution in [0, 0.1) is 6.92 Å². The molecule has 9 heteroatoms. The SMILES string of the molecule is Cc1cc(=O)[nH]c(O)c1C(=O)Nc1ccc(S(=O)(=O)O)cc1. The Hall–Kier alpha value is -2.65. The van der Waals surface area contributed by atoms with Crippen molar-refractivity contribution in [3.63, 3.8) is 0 Å². The molecule has 4 N–H and O–H groups in total. The predicted octanol–water partition coefficient (Wildman–Crippen LogP) is 0.888. The average Bonchev–Trinajstić information content (AvgIpc) is 2.36. The number of hydrogen-bond donors (Lipinski definition) is 4. The van der Waals surface area contributed by atoms with Crippen molar-refractivity contribution in [2.24, 2.45) is 0 Å². The Balaban J connectivity index is 2.28. The number of carbonyl (C=O) groups is 1. The Kier molecular flexibility index (Phi) is 4.02. The molecule has 1 heterocycles. The van der Waals surface area contributed by atoms with Crippen molar-refractivity contribution in [1.82, 2.24) is 4.98 Å². The van der Waals surface area contributed by atoms with Gasteiger partial charge in [-0.25, -0.2) is 0 Å². The van der Waals surface area contributed by atoms with E-state index in [1.165, 1.54) is 19.1 Å². The van der Waals surface area contributed by atoms with E-state index >= 15 is 0 Å². The number of aromatic nitrogens is 1. The van der Waals surface area contributed by atoms with Gasteiger partial charge in [0.2, 0.25) is 5.88 Å². The van der Waals surface area contributed by atoms with Crippen LogP contribution in [0.5, 0.6) is 5.88 Å². The van der Waals surface area contributed by atoms with E-state index < -0.39 is 27.5 Å². The minimum atomic E-state index is -4.31. The quantitative estimate of drug-likeness (QED) is 0.619. The van der Waals surface area contributed by atoms with Gasteiger partial charge in [-0.3, -0.25) is 19.1 Å². The molecule has 0 fully saturated rings. The van der Waals surface area contributed by atoms with Crippen LogP contribution < -0.4 is 10.9 Å². The number of carbonyl (C=O) groups excluding carboxylic acids is 1. The topological polar surface area (TPSA) is 137 Å². The summed E-state index contributed by atoms with van der Waals surface area (Å²) in [5.41, 5.74) is -0.0989. The zero-order valence-corrected chi connectivity index (χ0v) is 12.1. The van der Waals surface area contributed by atoms with Crippen molar-refractivity contribution >= 4 is 21.7 Å². The third-order valence-electron chi connectivity index (χ3n) is 2.86. The molecule has 0 saturated heterocycles. The lowest BCUT2D eigenvalue weighted by atomic mass is 10.1. The van der Waals surface area contributed by atoms with Gasteiger partial charge >= 0.3 is 0 Å². The second-order valence-electron chi connectivity index (χ2n) is 4.49. The van der Waals surface area contributed by atoms with Gasteiger partial charge in [-0.2, -0.15) is 8.42 Å². The minimum Gasteiger partial charge on any atom is -0.494 e. The van der Waals surface area contributed by atoms with Crippen molar-refractivity contribution in [1.29, 1.82) is 0 Å². The molecule has 1 aromatic heterocycles. The van der Waals surface area contributed by atoms with Crippen molar-refractivity contribution < 1.29 is 22.9 Å². The Morgan fingerprint density at radius 3 is 2.32 bits per heavy atom. The molecule has 0 atom stereocenters. The summed E-state index contributed by atoms with van der Waals surface area (Å²) in [6, 6.07) is 5.95. The minimum absolute atomic E-state index is 0.0987. The lowest BCUT2D eigenvalue weighted by Crippen LogP contribution is -2.17. The van der Waals surface area contributed by atoms with Gasteiger partial charge in [0, 0.05) is 11.8 Å². The molecule has 8 nitrogen and oxygen atoms in total. The van der Waals surface area contributed by atoms with Crippen molar-refractivity contribution in [2.45, 2.75) is 11.8 Å². The molecule has 0 aliphatic heterocycles. The number of aromatic amines is 1. The highest BCUT2D eigenvalue weighted by Crippen LogP contribution is 2.19. The van der Waals surface area contributed by atoms with Crippen molar-refractivity contribution in [3.05, 3.63) is 51.8 Å². The van der Waals surface area contributed by atoms with Crippen LogP contribution in [0.3, 0.4) is 0 Å². The van der Waals surface area contributed by atoms with Crippen LogP contribution in [0.1, 0.15) is 15.9 Å². The van der Waals surface area contributed by atoms with Crippen LogP contribution >= 0.6 is 0 Å². The highest BCUT2D eigenvalue weighted by Gasteiger charge is 2.16. The number of H-pyrrole nitrogens is 1. The maximum Gasteiger partial charge on any atom is 0.294 e. The smallest absolute Gasteiger partial charge is 0.294 e. The summed E-state index contributed by atoms with van der Waals surface area (Å²) < 4.78 is 30.7. The fraction of sp³-hybridized carbons (Fsp3) is 0.0769. The van der Waals surface area contributed by atoms with Gasteiger partial charge in [0.25, 0.3) is 21.6 Å². The fourth-order valence-corrected chi connectivity index (χ4v) is 2.34. The molecule has 2 aromatic rings. The molecule has 0 unspecified atom stereocenters. The molecule has 2 rings (SSSR count). The Bertz CT molecular complexity index is 857. The Morgan fingerprint density at radius 2 is 1.82 bits per heavy atom.